The fourth-order valence-electron chi connectivity index (χ4n) is 1.71. The van der Waals surface area contributed by atoms with Crippen molar-refractivity contribution in [2.45, 2.75) is 47.1 Å². The smallest absolute Gasteiger partial charge is 0.332 e. The molecule has 2 amide bonds. The summed E-state index contributed by atoms with van der Waals surface area (Å²) in [5.74, 6) is 0. The Balaban J connectivity index is 3.10. The lowest BCUT2D eigenvalue weighted by Gasteiger charge is -2.23. The summed E-state index contributed by atoms with van der Waals surface area (Å²) in [5, 5.41) is 2.87. The number of urea groups is 1. The third kappa shape index (κ3) is 5.25. The number of carbonyl (C=O) groups is 1. The number of amides is 2. The van der Waals surface area contributed by atoms with Crippen molar-refractivity contribution in [3.63, 3.8) is 0 Å². The Bertz CT molecular complexity index is 462. The van der Waals surface area contributed by atoms with Gasteiger partial charge in [0.25, 0.3) is 0 Å². The second-order valence-electron chi connectivity index (χ2n) is 6.76. The van der Waals surface area contributed by atoms with Gasteiger partial charge in [-0.2, -0.15) is 4.99 Å². The van der Waals surface area contributed by atoms with E-state index in [2.05, 4.69) is 31.1 Å². The molecule has 0 radical (unpaired) electrons. The van der Waals surface area contributed by atoms with Crippen molar-refractivity contribution >= 4 is 11.7 Å². The zero-order valence-corrected chi connectivity index (χ0v) is 12.7. The van der Waals surface area contributed by atoms with Crippen LogP contribution in [0.15, 0.2) is 35.3 Å². The molecule has 0 heterocycles. The molecule has 3 heteroatoms. The van der Waals surface area contributed by atoms with E-state index < -0.39 is 0 Å². The molecule has 1 N–H and O–H groups in total. The summed E-state index contributed by atoms with van der Waals surface area (Å²) in [7, 11) is 0. The van der Waals surface area contributed by atoms with Gasteiger partial charge in [-0.1, -0.05) is 51.1 Å². The predicted molar refractivity (Wildman–Crippen MR) is 80.7 cm³/mol. The molecule has 104 valence electrons. The van der Waals surface area contributed by atoms with Crippen molar-refractivity contribution in [3.8, 4) is 0 Å². The molecule has 1 rings (SSSR count). The number of benzene rings is 1. The van der Waals surface area contributed by atoms with Crippen LogP contribution >= 0.6 is 0 Å². The normalized spacial score (nSPS) is 13.3. The first-order chi connectivity index (χ1) is 8.59. The molecule has 0 aliphatic heterocycles. The highest BCUT2D eigenvalue weighted by atomic mass is 16.2. The summed E-state index contributed by atoms with van der Waals surface area (Å²) in [6, 6.07) is 9.54. The second kappa shape index (κ2) is 5.55. The summed E-state index contributed by atoms with van der Waals surface area (Å²) in [6.07, 6.45) is 0. The topological polar surface area (TPSA) is 41.5 Å². The number of rotatable bonds is 1. The minimum Gasteiger partial charge on any atom is -0.332 e. The number of nitrogens with zero attached hydrogens (tertiary/aromatic N) is 1. The molecule has 3 nitrogen and oxygen atoms in total. The van der Waals surface area contributed by atoms with Crippen molar-refractivity contribution in [2.75, 3.05) is 0 Å². The molecule has 0 aromatic heterocycles. The van der Waals surface area contributed by atoms with Crippen LogP contribution in [-0.2, 0) is 0 Å². The zero-order chi connectivity index (χ0) is 14.7. The summed E-state index contributed by atoms with van der Waals surface area (Å²) in [5.41, 5.74) is 1.32. The molecule has 0 atom stereocenters. The molecule has 0 spiro atoms. The maximum Gasteiger partial charge on any atom is 0.341 e. The summed E-state index contributed by atoms with van der Waals surface area (Å²) in [6.45, 7) is 12.0. The quantitative estimate of drug-likeness (QED) is 0.761. The van der Waals surface area contributed by atoms with Crippen molar-refractivity contribution < 1.29 is 4.79 Å². The van der Waals surface area contributed by atoms with Gasteiger partial charge in [0.2, 0.25) is 0 Å². The van der Waals surface area contributed by atoms with Gasteiger partial charge in [-0.05, 0) is 26.3 Å². The Morgan fingerprint density at radius 3 is 1.95 bits per heavy atom. The van der Waals surface area contributed by atoms with Crippen molar-refractivity contribution in [1.82, 2.24) is 5.32 Å². The molecule has 1 aromatic rings. The maximum absolute atomic E-state index is 12.0. The van der Waals surface area contributed by atoms with Crippen LogP contribution in [0.2, 0.25) is 0 Å². The van der Waals surface area contributed by atoms with Gasteiger partial charge in [0.05, 0.1) is 5.71 Å². The highest BCUT2D eigenvalue weighted by molar-refractivity contribution is 6.09. The lowest BCUT2D eigenvalue weighted by molar-refractivity contribution is 0.240. The van der Waals surface area contributed by atoms with E-state index in [0.717, 1.165) is 11.3 Å². The van der Waals surface area contributed by atoms with E-state index in [-0.39, 0.29) is 17.0 Å². The van der Waals surface area contributed by atoms with Gasteiger partial charge in [0.1, 0.15) is 0 Å². The predicted octanol–water partition coefficient (Wildman–Crippen LogP) is 4.03. The first-order valence-corrected chi connectivity index (χ1v) is 6.56. The van der Waals surface area contributed by atoms with Gasteiger partial charge < -0.3 is 5.32 Å². The summed E-state index contributed by atoms with van der Waals surface area (Å²) >= 11 is 0. The Morgan fingerprint density at radius 1 is 1.00 bits per heavy atom. The molecule has 0 bridgehead atoms. The lowest BCUT2D eigenvalue weighted by Crippen LogP contribution is -2.40. The molecule has 0 aliphatic carbocycles. The average molecular weight is 260 g/mol. The Hall–Kier alpha value is -1.64. The fourth-order valence-corrected chi connectivity index (χ4v) is 1.71. The van der Waals surface area contributed by atoms with E-state index in [1.165, 1.54) is 0 Å². The van der Waals surface area contributed by atoms with Crippen LogP contribution < -0.4 is 5.32 Å². The number of carbonyl (C=O) groups excluding carboxylic acids is 1. The third-order valence-corrected chi connectivity index (χ3v) is 2.45. The van der Waals surface area contributed by atoms with Gasteiger partial charge in [-0.3, -0.25) is 0 Å². The number of hydrogen-bond donors (Lipinski definition) is 1. The Kier molecular flexibility index (Phi) is 4.51. The highest BCUT2D eigenvalue weighted by Gasteiger charge is 2.23. The Labute approximate surface area is 116 Å². The van der Waals surface area contributed by atoms with Crippen molar-refractivity contribution in [3.05, 3.63) is 35.9 Å². The van der Waals surface area contributed by atoms with Crippen LogP contribution in [0.3, 0.4) is 0 Å². The molecule has 0 saturated heterocycles. The molecule has 0 aliphatic rings. The molecule has 0 saturated carbocycles. The fraction of sp³-hybridized carbons (Fsp3) is 0.500. The first kappa shape index (κ1) is 15.4. The van der Waals surface area contributed by atoms with Crippen molar-refractivity contribution in [2.24, 2.45) is 10.4 Å². The van der Waals surface area contributed by atoms with E-state index in [9.17, 15) is 4.79 Å². The number of hydrogen-bond acceptors (Lipinski definition) is 1. The van der Waals surface area contributed by atoms with Crippen molar-refractivity contribution in [1.29, 1.82) is 0 Å². The number of nitrogens with one attached hydrogen (secondary N) is 1. The van der Waals surface area contributed by atoms with Gasteiger partial charge in [-0.25, -0.2) is 4.79 Å². The SMILES string of the molecule is CC(C)(C)NC(=O)N=C(c1ccccc1)C(C)(C)C. The van der Waals surface area contributed by atoms with E-state index in [1.807, 2.05) is 51.1 Å². The van der Waals surface area contributed by atoms with Gasteiger partial charge in [0.15, 0.2) is 0 Å². The standard InChI is InChI=1S/C16H24N2O/c1-15(2,3)13(12-10-8-7-9-11-12)17-14(19)18-16(4,5)6/h7-11H,1-6H3,(H,18,19). The third-order valence-electron chi connectivity index (χ3n) is 2.45. The van der Waals surface area contributed by atoms with Gasteiger partial charge in [0, 0.05) is 11.0 Å². The van der Waals surface area contributed by atoms with Crippen LogP contribution in [0, 0.1) is 5.41 Å². The van der Waals surface area contributed by atoms with E-state index in [1.54, 1.807) is 0 Å². The number of aliphatic imine (C=N–C) groups is 1. The van der Waals surface area contributed by atoms with E-state index in [0.29, 0.717) is 0 Å². The van der Waals surface area contributed by atoms with Crippen LogP contribution in [0.25, 0.3) is 0 Å². The molecule has 0 fully saturated rings. The second-order valence-corrected chi connectivity index (χ2v) is 6.76. The van der Waals surface area contributed by atoms with Crippen LogP contribution in [0.5, 0.6) is 0 Å². The van der Waals surface area contributed by atoms with Gasteiger partial charge >= 0.3 is 6.03 Å². The molecule has 1 aromatic carbocycles. The van der Waals surface area contributed by atoms with E-state index >= 15 is 0 Å². The summed E-state index contributed by atoms with van der Waals surface area (Å²) in [4.78, 5) is 16.3. The monoisotopic (exact) mass is 260 g/mol. The molecular formula is C16H24N2O. The van der Waals surface area contributed by atoms with Gasteiger partial charge in [-0.15, -0.1) is 0 Å². The lowest BCUT2D eigenvalue weighted by atomic mass is 9.85. The minimum absolute atomic E-state index is 0.184. The van der Waals surface area contributed by atoms with E-state index in [4.69, 9.17) is 0 Å². The zero-order valence-electron chi connectivity index (χ0n) is 12.7. The minimum atomic E-state index is -0.290. The molecule has 19 heavy (non-hydrogen) atoms. The average Bonchev–Trinajstić information content (AvgIpc) is 2.23. The maximum atomic E-state index is 12.0. The molecular weight excluding hydrogens is 236 g/mol. The first-order valence-electron chi connectivity index (χ1n) is 6.56. The summed E-state index contributed by atoms with van der Waals surface area (Å²) < 4.78 is 0. The molecule has 0 unspecified atom stereocenters. The highest BCUT2D eigenvalue weighted by Crippen LogP contribution is 2.22. The van der Waals surface area contributed by atoms with Crippen LogP contribution in [0.4, 0.5) is 4.79 Å². The van der Waals surface area contributed by atoms with Crippen LogP contribution in [-0.4, -0.2) is 17.3 Å². The Morgan fingerprint density at radius 2 is 1.53 bits per heavy atom. The largest absolute Gasteiger partial charge is 0.341 e. The van der Waals surface area contributed by atoms with Crippen LogP contribution in [0.1, 0.15) is 47.1 Å².